The molecule has 2 saturated heterocycles. The largest absolute Gasteiger partial charge is 0.375 e. The van der Waals surface area contributed by atoms with Crippen molar-refractivity contribution in [1.29, 1.82) is 0 Å². The van der Waals surface area contributed by atoms with E-state index in [0.717, 1.165) is 45.3 Å². The summed E-state index contributed by atoms with van der Waals surface area (Å²) in [7, 11) is 1.51. The maximum atomic E-state index is 12.5. The van der Waals surface area contributed by atoms with E-state index in [2.05, 4.69) is 17.6 Å². The summed E-state index contributed by atoms with van der Waals surface area (Å²) in [6.07, 6.45) is 3.73. The summed E-state index contributed by atoms with van der Waals surface area (Å²) in [5.74, 6) is 0.763. The molecule has 2 rings (SSSR count). The Morgan fingerprint density at radius 2 is 2.00 bits per heavy atom. The molecule has 0 spiro atoms. The van der Waals surface area contributed by atoms with E-state index < -0.39 is 0 Å². The van der Waals surface area contributed by atoms with Crippen molar-refractivity contribution in [2.75, 3.05) is 33.4 Å². The predicted octanol–water partition coefficient (Wildman–Crippen LogP) is 0.128. The van der Waals surface area contributed by atoms with Gasteiger partial charge in [-0.05, 0) is 38.1 Å². The standard InChI is InChI=1S/C15H27N3O3/c1-11-3-6-16-13(9-11)15(20)18-7-4-12(5-8-18)17-14(19)10-21-2/h11-13,16H,3-10H2,1-2H3,(H,17,19). The number of rotatable bonds is 4. The van der Waals surface area contributed by atoms with Crippen LogP contribution in [0.4, 0.5) is 0 Å². The molecule has 0 bridgehead atoms. The summed E-state index contributed by atoms with van der Waals surface area (Å²) in [5, 5.41) is 6.28. The van der Waals surface area contributed by atoms with Crippen molar-refractivity contribution in [2.45, 2.75) is 44.7 Å². The van der Waals surface area contributed by atoms with Gasteiger partial charge in [-0.15, -0.1) is 0 Å². The summed E-state index contributed by atoms with van der Waals surface area (Å²) in [6.45, 7) is 4.69. The fourth-order valence-electron chi connectivity index (χ4n) is 3.16. The molecule has 2 aliphatic heterocycles. The Balaban J connectivity index is 1.75. The molecule has 2 fully saturated rings. The van der Waals surface area contributed by atoms with E-state index in [1.165, 1.54) is 7.11 Å². The van der Waals surface area contributed by atoms with Crippen LogP contribution in [-0.4, -0.2) is 62.1 Å². The SMILES string of the molecule is COCC(=O)NC1CCN(C(=O)C2CC(C)CCN2)CC1. The molecule has 0 aromatic rings. The van der Waals surface area contributed by atoms with Crippen LogP contribution < -0.4 is 10.6 Å². The van der Waals surface area contributed by atoms with Gasteiger partial charge in [-0.3, -0.25) is 9.59 Å². The first-order chi connectivity index (χ1) is 10.1. The Bertz CT molecular complexity index is 367. The lowest BCUT2D eigenvalue weighted by Gasteiger charge is -2.36. The molecule has 2 aliphatic rings. The summed E-state index contributed by atoms with van der Waals surface area (Å²) in [4.78, 5) is 25.9. The fourth-order valence-corrected chi connectivity index (χ4v) is 3.16. The van der Waals surface area contributed by atoms with Crippen LogP contribution in [0.1, 0.15) is 32.6 Å². The second-order valence-corrected chi connectivity index (χ2v) is 6.24. The molecular weight excluding hydrogens is 270 g/mol. The third-order valence-corrected chi connectivity index (χ3v) is 4.41. The first-order valence-corrected chi connectivity index (χ1v) is 7.90. The molecule has 0 aromatic heterocycles. The maximum Gasteiger partial charge on any atom is 0.246 e. The van der Waals surface area contributed by atoms with Crippen LogP contribution >= 0.6 is 0 Å². The van der Waals surface area contributed by atoms with E-state index >= 15 is 0 Å². The zero-order valence-electron chi connectivity index (χ0n) is 13.1. The van der Waals surface area contributed by atoms with Crippen LogP contribution in [0.2, 0.25) is 0 Å². The Hall–Kier alpha value is -1.14. The number of ether oxygens (including phenoxy) is 1. The smallest absolute Gasteiger partial charge is 0.246 e. The van der Waals surface area contributed by atoms with Crippen molar-refractivity contribution in [3.05, 3.63) is 0 Å². The average molecular weight is 297 g/mol. The molecule has 21 heavy (non-hydrogen) atoms. The van der Waals surface area contributed by atoms with Gasteiger partial charge >= 0.3 is 0 Å². The number of carbonyl (C=O) groups excluding carboxylic acids is 2. The first-order valence-electron chi connectivity index (χ1n) is 7.90. The molecule has 0 aromatic carbocycles. The van der Waals surface area contributed by atoms with Gasteiger partial charge in [-0.2, -0.15) is 0 Å². The summed E-state index contributed by atoms with van der Waals surface area (Å²) in [6, 6.07) is 0.142. The van der Waals surface area contributed by atoms with Crippen LogP contribution in [0.3, 0.4) is 0 Å². The molecule has 0 aliphatic carbocycles. The Labute approximate surface area is 126 Å². The monoisotopic (exact) mass is 297 g/mol. The number of nitrogens with zero attached hydrogens (tertiary/aromatic N) is 1. The molecule has 120 valence electrons. The third kappa shape index (κ3) is 4.68. The van der Waals surface area contributed by atoms with E-state index in [1.807, 2.05) is 4.90 Å². The minimum Gasteiger partial charge on any atom is -0.375 e. The molecular formula is C15H27N3O3. The lowest BCUT2D eigenvalue weighted by Crippen LogP contribution is -2.54. The lowest BCUT2D eigenvalue weighted by atomic mass is 9.93. The summed E-state index contributed by atoms with van der Waals surface area (Å²) < 4.78 is 4.81. The molecule has 6 nitrogen and oxygen atoms in total. The van der Waals surface area contributed by atoms with Gasteiger partial charge < -0.3 is 20.3 Å². The van der Waals surface area contributed by atoms with Gasteiger partial charge in [0, 0.05) is 26.2 Å². The van der Waals surface area contributed by atoms with Gasteiger partial charge in [0.1, 0.15) is 6.61 Å². The average Bonchev–Trinajstić information content (AvgIpc) is 2.47. The van der Waals surface area contributed by atoms with Gasteiger partial charge in [0.15, 0.2) is 0 Å². The Morgan fingerprint density at radius 3 is 2.62 bits per heavy atom. The molecule has 2 atom stereocenters. The Kier molecular flexibility index (Phi) is 5.99. The Morgan fingerprint density at radius 1 is 1.29 bits per heavy atom. The number of piperidine rings is 2. The van der Waals surface area contributed by atoms with E-state index in [9.17, 15) is 9.59 Å². The van der Waals surface area contributed by atoms with Crippen LogP contribution in [0.25, 0.3) is 0 Å². The number of likely N-dealkylation sites (tertiary alicyclic amines) is 1. The molecule has 2 N–H and O–H groups in total. The summed E-state index contributed by atoms with van der Waals surface area (Å²) >= 11 is 0. The van der Waals surface area contributed by atoms with Gasteiger partial charge in [0.05, 0.1) is 6.04 Å². The van der Waals surface area contributed by atoms with Crippen LogP contribution in [-0.2, 0) is 14.3 Å². The van der Waals surface area contributed by atoms with Gasteiger partial charge in [-0.25, -0.2) is 0 Å². The van der Waals surface area contributed by atoms with E-state index in [1.54, 1.807) is 0 Å². The number of amides is 2. The normalized spacial score (nSPS) is 27.4. The van der Waals surface area contributed by atoms with Gasteiger partial charge in [-0.1, -0.05) is 6.92 Å². The predicted molar refractivity (Wildman–Crippen MR) is 79.8 cm³/mol. The molecule has 2 amide bonds. The topological polar surface area (TPSA) is 70.7 Å². The number of nitrogens with one attached hydrogen (secondary N) is 2. The fraction of sp³-hybridized carbons (Fsp3) is 0.867. The van der Waals surface area contributed by atoms with Crippen molar-refractivity contribution < 1.29 is 14.3 Å². The van der Waals surface area contributed by atoms with Crippen LogP contribution in [0.5, 0.6) is 0 Å². The van der Waals surface area contributed by atoms with Crippen LogP contribution in [0, 0.1) is 5.92 Å². The number of hydrogen-bond donors (Lipinski definition) is 2. The van der Waals surface area contributed by atoms with Crippen molar-refractivity contribution in [1.82, 2.24) is 15.5 Å². The van der Waals surface area contributed by atoms with Crippen molar-refractivity contribution in [3.8, 4) is 0 Å². The highest BCUT2D eigenvalue weighted by atomic mass is 16.5. The first kappa shape index (κ1) is 16.2. The highest BCUT2D eigenvalue weighted by molar-refractivity contribution is 5.82. The minimum absolute atomic E-state index is 0.0200. The molecule has 0 saturated carbocycles. The number of methoxy groups -OCH3 is 1. The van der Waals surface area contributed by atoms with Crippen molar-refractivity contribution in [3.63, 3.8) is 0 Å². The highest BCUT2D eigenvalue weighted by Crippen LogP contribution is 2.19. The maximum absolute atomic E-state index is 12.5. The van der Waals surface area contributed by atoms with Gasteiger partial charge in [0.2, 0.25) is 11.8 Å². The molecule has 2 unspecified atom stereocenters. The number of hydrogen-bond acceptors (Lipinski definition) is 4. The zero-order valence-corrected chi connectivity index (χ0v) is 13.1. The quantitative estimate of drug-likeness (QED) is 0.774. The molecule has 0 radical (unpaired) electrons. The minimum atomic E-state index is -0.0787. The lowest BCUT2D eigenvalue weighted by molar-refractivity contribution is -0.135. The van der Waals surface area contributed by atoms with Crippen molar-refractivity contribution >= 4 is 11.8 Å². The third-order valence-electron chi connectivity index (χ3n) is 4.41. The number of carbonyl (C=O) groups is 2. The van der Waals surface area contributed by atoms with Crippen LogP contribution in [0.15, 0.2) is 0 Å². The molecule has 6 heteroatoms. The second-order valence-electron chi connectivity index (χ2n) is 6.24. The second kappa shape index (κ2) is 7.75. The van der Waals surface area contributed by atoms with Crippen molar-refractivity contribution in [2.24, 2.45) is 5.92 Å². The van der Waals surface area contributed by atoms with E-state index in [-0.39, 0.29) is 30.5 Å². The molecule has 2 heterocycles. The summed E-state index contributed by atoms with van der Waals surface area (Å²) in [5.41, 5.74) is 0. The highest BCUT2D eigenvalue weighted by Gasteiger charge is 2.31. The van der Waals surface area contributed by atoms with E-state index in [4.69, 9.17) is 4.74 Å². The van der Waals surface area contributed by atoms with E-state index in [0.29, 0.717) is 5.92 Å². The zero-order chi connectivity index (χ0) is 15.2. The van der Waals surface area contributed by atoms with Gasteiger partial charge in [0.25, 0.3) is 0 Å².